The molecule has 2 atom stereocenters. The second-order valence-corrected chi connectivity index (χ2v) is 5.96. The molecule has 1 N–H and O–H groups in total. The molecule has 24 heavy (non-hydrogen) atoms. The number of carbonyl (C=O) groups is 1. The fraction of sp³-hybridized carbons (Fsp3) is 0.412. The number of imidazole rings is 1. The summed E-state index contributed by atoms with van der Waals surface area (Å²) in [6, 6.07) is 5.48. The zero-order valence-corrected chi connectivity index (χ0v) is 13.8. The number of rotatable bonds is 3. The van der Waals surface area contributed by atoms with E-state index in [1.807, 2.05) is 18.5 Å². The average molecular weight is 332 g/mol. The van der Waals surface area contributed by atoms with Crippen LogP contribution in [0.4, 0.5) is 9.18 Å². The van der Waals surface area contributed by atoms with Gasteiger partial charge in [-0.3, -0.25) is 0 Å². The Morgan fingerprint density at radius 1 is 1.50 bits per heavy atom. The summed E-state index contributed by atoms with van der Waals surface area (Å²) >= 11 is 0. The standard InChI is InChI=1S/C17H21FN4O2/c1-12-11-22(8-9-24-12)17(23)20-15(16-19-6-7-21(16)2)13-4-3-5-14(18)10-13/h3-7,10,12,15H,8-9,11H2,1-2H3,(H,20,23). The zero-order chi connectivity index (χ0) is 17.1. The van der Waals surface area contributed by atoms with E-state index in [2.05, 4.69) is 10.3 Å². The SMILES string of the molecule is CC1CN(C(=O)NC(c2cccc(F)c2)c2nccn2C)CCO1. The van der Waals surface area contributed by atoms with E-state index in [1.165, 1.54) is 12.1 Å². The average Bonchev–Trinajstić information content (AvgIpc) is 2.98. The number of ether oxygens (including phenoxy) is 1. The maximum Gasteiger partial charge on any atom is 0.318 e. The maximum absolute atomic E-state index is 13.6. The molecule has 1 aromatic carbocycles. The van der Waals surface area contributed by atoms with Crippen molar-refractivity contribution in [2.75, 3.05) is 19.7 Å². The van der Waals surface area contributed by atoms with E-state index in [0.29, 0.717) is 31.1 Å². The molecule has 0 bridgehead atoms. The van der Waals surface area contributed by atoms with Crippen LogP contribution in [0.1, 0.15) is 24.4 Å². The van der Waals surface area contributed by atoms with Crippen LogP contribution in [0.15, 0.2) is 36.7 Å². The number of benzene rings is 1. The molecular formula is C17H21FN4O2. The first-order valence-electron chi connectivity index (χ1n) is 7.94. The Morgan fingerprint density at radius 2 is 2.33 bits per heavy atom. The Balaban J connectivity index is 1.85. The fourth-order valence-electron chi connectivity index (χ4n) is 2.86. The van der Waals surface area contributed by atoms with Gasteiger partial charge < -0.3 is 19.5 Å². The minimum Gasteiger partial charge on any atom is -0.375 e. The molecule has 2 unspecified atom stereocenters. The molecule has 2 amide bonds. The van der Waals surface area contributed by atoms with Gasteiger partial charge in [0, 0.05) is 32.5 Å². The van der Waals surface area contributed by atoms with Crippen molar-refractivity contribution in [1.29, 1.82) is 0 Å². The molecule has 0 saturated carbocycles. The molecule has 1 aromatic heterocycles. The molecular weight excluding hydrogens is 311 g/mol. The van der Waals surface area contributed by atoms with Gasteiger partial charge in [0.05, 0.1) is 12.7 Å². The van der Waals surface area contributed by atoms with Gasteiger partial charge in [-0.05, 0) is 24.6 Å². The van der Waals surface area contributed by atoms with Crippen LogP contribution in [0.25, 0.3) is 0 Å². The highest BCUT2D eigenvalue weighted by Crippen LogP contribution is 2.22. The molecule has 1 aliphatic rings. The van der Waals surface area contributed by atoms with Gasteiger partial charge >= 0.3 is 6.03 Å². The second-order valence-electron chi connectivity index (χ2n) is 5.96. The van der Waals surface area contributed by atoms with Gasteiger partial charge in [-0.25, -0.2) is 14.2 Å². The van der Waals surface area contributed by atoms with Crippen molar-refractivity contribution in [2.45, 2.75) is 19.1 Å². The molecule has 1 aliphatic heterocycles. The van der Waals surface area contributed by atoms with E-state index >= 15 is 0 Å². The number of carbonyl (C=O) groups excluding carboxylic acids is 1. The summed E-state index contributed by atoms with van der Waals surface area (Å²) in [6.07, 6.45) is 3.46. The van der Waals surface area contributed by atoms with Crippen LogP contribution in [-0.2, 0) is 11.8 Å². The van der Waals surface area contributed by atoms with Gasteiger partial charge in [0.2, 0.25) is 0 Å². The maximum atomic E-state index is 13.6. The van der Waals surface area contributed by atoms with Crippen molar-refractivity contribution in [1.82, 2.24) is 19.8 Å². The highest BCUT2D eigenvalue weighted by atomic mass is 19.1. The summed E-state index contributed by atoms with van der Waals surface area (Å²) < 4.78 is 20.9. The van der Waals surface area contributed by atoms with Crippen LogP contribution in [0, 0.1) is 5.82 Å². The smallest absolute Gasteiger partial charge is 0.318 e. The summed E-state index contributed by atoms with van der Waals surface area (Å²) in [6.45, 7) is 3.51. The molecule has 3 rings (SSSR count). The molecule has 0 aliphatic carbocycles. The Bertz CT molecular complexity index is 718. The van der Waals surface area contributed by atoms with Gasteiger partial charge in [-0.1, -0.05) is 12.1 Å². The first-order chi connectivity index (χ1) is 11.5. The number of aromatic nitrogens is 2. The predicted molar refractivity (Wildman–Crippen MR) is 87.0 cm³/mol. The van der Waals surface area contributed by atoms with Gasteiger partial charge in [0.1, 0.15) is 17.7 Å². The number of nitrogens with one attached hydrogen (secondary N) is 1. The topological polar surface area (TPSA) is 59.4 Å². The van der Waals surface area contributed by atoms with E-state index in [4.69, 9.17) is 4.74 Å². The van der Waals surface area contributed by atoms with E-state index in [9.17, 15) is 9.18 Å². The number of urea groups is 1. The number of nitrogens with zero attached hydrogens (tertiary/aromatic N) is 3. The highest BCUT2D eigenvalue weighted by molar-refractivity contribution is 5.75. The van der Waals surface area contributed by atoms with Gasteiger partial charge in [0.25, 0.3) is 0 Å². The van der Waals surface area contributed by atoms with Crippen molar-refractivity contribution in [3.05, 3.63) is 53.9 Å². The van der Waals surface area contributed by atoms with Crippen LogP contribution in [0.3, 0.4) is 0 Å². The normalized spacial score (nSPS) is 19.1. The molecule has 2 heterocycles. The molecule has 6 nitrogen and oxygen atoms in total. The van der Waals surface area contributed by atoms with E-state index in [1.54, 1.807) is 29.4 Å². The third-order valence-corrected chi connectivity index (χ3v) is 4.09. The summed E-state index contributed by atoms with van der Waals surface area (Å²) in [5.41, 5.74) is 0.652. The second kappa shape index (κ2) is 7.00. The summed E-state index contributed by atoms with van der Waals surface area (Å²) in [7, 11) is 1.84. The minimum absolute atomic E-state index is 0.00489. The Kier molecular flexibility index (Phi) is 4.80. The van der Waals surface area contributed by atoms with E-state index in [-0.39, 0.29) is 18.0 Å². The van der Waals surface area contributed by atoms with Crippen LogP contribution < -0.4 is 5.32 Å². The third-order valence-electron chi connectivity index (χ3n) is 4.09. The molecule has 0 radical (unpaired) electrons. The van der Waals surface area contributed by atoms with Crippen LogP contribution in [0.2, 0.25) is 0 Å². The van der Waals surface area contributed by atoms with Gasteiger partial charge in [-0.15, -0.1) is 0 Å². The van der Waals surface area contributed by atoms with Crippen LogP contribution in [0.5, 0.6) is 0 Å². The lowest BCUT2D eigenvalue weighted by molar-refractivity contribution is -0.00376. The minimum atomic E-state index is -0.522. The molecule has 1 fully saturated rings. The predicted octanol–water partition coefficient (Wildman–Crippen LogP) is 2.08. The number of hydrogen-bond donors (Lipinski definition) is 1. The molecule has 128 valence electrons. The van der Waals surface area contributed by atoms with Crippen molar-refractivity contribution in [3.63, 3.8) is 0 Å². The Labute approximate surface area is 140 Å². The van der Waals surface area contributed by atoms with E-state index < -0.39 is 6.04 Å². The number of amides is 2. The summed E-state index contributed by atoms with van der Waals surface area (Å²) in [5, 5.41) is 2.98. The molecule has 0 spiro atoms. The van der Waals surface area contributed by atoms with Crippen LogP contribution in [-0.4, -0.2) is 46.3 Å². The Hall–Kier alpha value is -2.41. The van der Waals surface area contributed by atoms with Gasteiger partial charge in [0.15, 0.2) is 0 Å². The first-order valence-corrected chi connectivity index (χ1v) is 7.94. The number of halogens is 1. The van der Waals surface area contributed by atoms with E-state index in [0.717, 1.165) is 0 Å². The summed E-state index contributed by atoms with van der Waals surface area (Å²) in [4.78, 5) is 18.7. The molecule has 7 heteroatoms. The number of hydrogen-bond acceptors (Lipinski definition) is 3. The van der Waals surface area contributed by atoms with Crippen molar-refractivity contribution in [3.8, 4) is 0 Å². The summed E-state index contributed by atoms with van der Waals surface area (Å²) in [5.74, 6) is 0.302. The first kappa shape index (κ1) is 16.4. The van der Waals surface area contributed by atoms with Crippen molar-refractivity contribution in [2.24, 2.45) is 7.05 Å². The number of morpholine rings is 1. The third kappa shape index (κ3) is 3.56. The highest BCUT2D eigenvalue weighted by Gasteiger charge is 2.26. The quantitative estimate of drug-likeness (QED) is 0.936. The van der Waals surface area contributed by atoms with Crippen LogP contribution >= 0.6 is 0 Å². The zero-order valence-electron chi connectivity index (χ0n) is 13.8. The lowest BCUT2D eigenvalue weighted by Gasteiger charge is -2.32. The lowest BCUT2D eigenvalue weighted by atomic mass is 10.1. The molecule has 1 saturated heterocycles. The van der Waals surface area contributed by atoms with Crippen molar-refractivity contribution < 1.29 is 13.9 Å². The Morgan fingerprint density at radius 3 is 3.00 bits per heavy atom. The lowest BCUT2D eigenvalue weighted by Crippen LogP contribution is -2.50. The molecule has 2 aromatic rings. The monoisotopic (exact) mass is 332 g/mol. The number of aryl methyl sites for hydroxylation is 1. The van der Waals surface area contributed by atoms with Crippen molar-refractivity contribution >= 4 is 6.03 Å². The van der Waals surface area contributed by atoms with Gasteiger partial charge in [-0.2, -0.15) is 0 Å². The fourth-order valence-corrected chi connectivity index (χ4v) is 2.86. The largest absolute Gasteiger partial charge is 0.375 e.